The molecule has 0 aliphatic rings. The standard InChI is InChI=1S/C70H48N2S/c1-4-15-49(16-5-1)52-27-36-59(37-28-52)71(60-38-29-53(30-39-60)50-17-6-2-7-18-50)63-45-58(66-25-14-22-56-21-10-11-23-65(56)66)46-64(48-63)72(61-40-31-54(32-41-61)51-19-8-3-9-20-51)62-42-33-55(34-43-62)57-35-44-70-68(47-57)67-24-12-13-26-69(67)73-70/h1-48H. The van der Waals surface area contributed by atoms with Gasteiger partial charge in [0.05, 0.1) is 0 Å². The maximum atomic E-state index is 2.42. The first-order chi connectivity index (χ1) is 36.2. The number of rotatable bonds is 11. The summed E-state index contributed by atoms with van der Waals surface area (Å²) in [6.07, 6.45) is 0. The number of fused-ring (bicyclic) bond motifs is 4. The van der Waals surface area contributed by atoms with Gasteiger partial charge in [0, 0.05) is 54.3 Å². The Kier molecular flexibility index (Phi) is 11.5. The van der Waals surface area contributed by atoms with Gasteiger partial charge in [0.15, 0.2) is 0 Å². The molecule has 0 saturated heterocycles. The molecule has 0 atom stereocenters. The van der Waals surface area contributed by atoms with E-state index in [0.717, 1.165) is 39.7 Å². The Bertz CT molecular complexity index is 3950. The molecule has 0 spiro atoms. The highest BCUT2D eigenvalue weighted by Gasteiger charge is 2.21. The first-order valence-electron chi connectivity index (χ1n) is 24.9. The van der Waals surface area contributed by atoms with Crippen molar-refractivity contribution in [3.05, 3.63) is 291 Å². The van der Waals surface area contributed by atoms with Crippen molar-refractivity contribution in [1.82, 2.24) is 0 Å². The molecule has 0 N–H and O–H groups in total. The molecule has 1 heterocycles. The minimum absolute atomic E-state index is 1.04. The molecule has 3 heteroatoms. The zero-order valence-electron chi connectivity index (χ0n) is 40.0. The number of anilines is 6. The molecular formula is C70H48N2S. The molecule has 12 aromatic carbocycles. The minimum Gasteiger partial charge on any atom is -0.310 e. The van der Waals surface area contributed by atoms with Crippen molar-refractivity contribution in [2.75, 3.05) is 9.80 Å². The van der Waals surface area contributed by atoms with E-state index in [2.05, 4.69) is 301 Å². The third-order valence-electron chi connectivity index (χ3n) is 14.1. The van der Waals surface area contributed by atoms with E-state index in [9.17, 15) is 0 Å². The summed E-state index contributed by atoms with van der Waals surface area (Å²) in [6, 6.07) is 106. The molecule has 0 fully saturated rings. The molecule has 13 aromatic rings. The maximum absolute atomic E-state index is 2.42. The first kappa shape index (κ1) is 43.7. The summed E-state index contributed by atoms with van der Waals surface area (Å²) >= 11 is 1.86. The van der Waals surface area contributed by atoms with Crippen LogP contribution >= 0.6 is 11.3 Å². The lowest BCUT2D eigenvalue weighted by atomic mass is 9.96. The second kappa shape index (κ2) is 19.1. The summed E-state index contributed by atoms with van der Waals surface area (Å²) in [5.41, 5.74) is 18.1. The van der Waals surface area contributed by atoms with Gasteiger partial charge in [-0.2, -0.15) is 0 Å². The molecular weight excluding hydrogens is 901 g/mol. The molecule has 0 aliphatic carbocycles. The average molecular weight is 949 g/mol. The van der Waals surface area contributed by atoms with Gasteiger partial charge in [0.25, 0.3) is 0 Å². The van der Waals surface area contributed by atoms with Crippen LogP contribution in [0.25, 0.3) is 86.6 Å². The zero-order valence-corrected chi connectivity index (χ0v) is 40.8. The normalized spacial score (nSPS) is 11.3. The van der Waals surface area contributed by atoms with E-state index in [0.29, 0.717) is 0 Å². The van der Waals surface area contributed by atoms with Crippen LogP contribution in [0.1, 0.15) is 0 Å². The fourth-order valence-corrected chi connectivity index (χ4v) is 11.5. The highest BCUT2D eigenvalue weighted by atomic mass is 32.1. The van der Waals surface area contributed by atoms with Gasteiger partial charge < -0.3 is 9.80 Å². The molecule has 0 saturated carbocycles. The number of hydrogen-bond donors (Lipinski definition) is 0. The smallest absolute Gasteiger partial charge is 0.0488 e. The molecule has 0 aliphatic heterocycles. The van der Waals surface area contributed by atoms with Crippen LogP contribution in [-0.4, -0.2) is 0 Å². The Balaban J connectivity index is 1.01. The van der Waals surface area contributed by atoms with Gasteiger partial charge in [-0.05, 0) is 151 Å². The van der Waals surface area contributed by atoms with Crippen LogP contribution in [-0.2, 0) is 0 Å². The van der Waals surface area contributed by atoms with Crippen LogP contribution in [0.15, 0.2) is 291 Å². The van der Waals surface area contributed by atoms with Crippen LogP contribution in [0.4, 0.5) is 34.1 Å². The molecule has 0 bridgehead atoms. The predicted octanol–water partition coefficient (Wildman–Crippen LogP) is 20.5. The Hall–Kier alpha value is -9.28. The molecule has 2 nitrogen and oxygen atoms in total. The summed E-state index contributed by atoms with van der Waals surface area (Å²) in [5, 5.41) is 5.02. The number of hydrogen-bond acceptors (Lipinski definition) is 3. The molecule has 1 aromatic heterocycles. The van der Waals surface area contributed by atoms with Crippen molar-refractivity contribution >= 4 is 76.4 Å². The Morgan fingerprint density at radius 1 is 0.205 bits per heavy atom. The second-order valence-electron chi connectivity index (χ2n) is 18.5. The van der Waals surface area contributed by atoms with E-state index >= 15 is 0 Å². The topological polar surface area (TPSA) is 6.48 Å². The molecule has 13 rings (SSSR count). The number of nitrogens with zero attached hydrogens (tertiary/aromatic N) is 2. The summed E-state index contributed by atoms with van der Waals surface area (Å²) in [6.45, 7) is 0. The van der Waals surface area contributed by atoms with Crippen molar-refractivity contribution in [3.63, 3.8) is 0 Å². The van der Waals surface area contributed by atoms with Crippen LogP contribution in [0, 0.1) is 0 Å². The average Bonchev–Trinajstić information content (AvgIpc) is 3.85. The lowest BCUT2D eigenvalue weighted by Crippen LogP contribution is -2.14. The second-order valence-corrected chi connectivity index (χ2v) is 19.6. The largest absolute Gasteiger partial charge is 0.310 e. The van der Waals surface area contributed by atoms with Crippen molar-refractivity contribution in [1.29, 1.82) is 0 Å². The molecule has 73 heavy (non-hydrogen) atoms. The SMILES string of the molecule is c1ccc(-c2ccc(N(c3ccc(-c4ccccc4)cc3)c3cc(-c4cccc5ccccc45)cc(N(c4ccc(-c5ccccc5)cc4)c4ccc(-c5ccc6sc7ccccc7c6c5)cc4)c3)cc2)cc1. The molecule has 0 radical (unpaired) electrons. The lowest BCUT2D eigenvalue weighted by molar-refractivity contribution is 1.25. The Morgan fingerprint density at radius 3 is 1.07 bits per heavy atom. The zero-order chi connectivity index (χ0) is 48.5. The Morgan fingerprint density at radius 2 is 0.575 bits per heavy atom. The summed E-state index contributed by atoms with van der Waals surface area (Å²) in [7, 11) is 0. The minimum atomic E-state index is 1.04. The predicted molar refractivity (Wildman–Crippen MR) is 313 cm³/mol. The third kappa shape index (κ3) is 8.63. The summed E-state index contributed by atoms with van der Waals surface area (Å²) in [5.74, 6) is 0. The van der Waals surface area contributed by atoms with E-state index in [1.165, 1.54) is 81.0 Å². The highest BCUT2D eigenvalue weighted by Crippen LogP contribution is 2.46. The van der Waals surface area contributed by atoms with E-state index in [1.807, 2.05) is 11.3 Å². The monoisotopic (exact) mass is 948 g/mol. The lowest BCUT2D eigenvalue weighted by Gasteiger charge is -2.31. The van der Waals surface area contributed by atoms with Gasteiger partial charge in [-0.3, -0.25) is 0 Å². The van der Waals surface area contributed by atoms with Gasteiger partial charge >= 0.3 is 0 Å². The van der Waals surface area contributed by atoms with E-state index < -0.39 is 0 Å². The van der Waals surface area contributed by atoms with Gasteiger partial charge in [-0.1, -0.05) is 206 Å². The van der Waals surface area contributed by atoms with Gasteiger partial charge in [-0.25, -0.2) is 0 Å². The van der Waals surface area contributed by atoms with Crippen LogP contribution in [0.2, 0.25) is 0 Å². The van der Waals surface area contributed by atoms with Crippen LogP contribution in [0.3, 0.4) is 0 Å². The summed E-state index contributed by atoms with van der Waals surface area (Å²) < 4.78 is 2.62. The van der Waals surface area contributed by atoms with Crippen molar-refractivity contribution in [2.24, 2.45) is 0 Å². The summed E-state index contributed by atoms with van der Waals surface area (Å²) in [4.78, 5) is 4.83. The Labute approximate surface area is 430 Å². The first-order valence-corrected chi connectivity index (χ1v) is 25.7. The van der Waals surface area contributed by atoms with E-state index in [1.54, 1.807) is 0 Å². The van der Waals surface area contributed by atoms with E-state index in [-0.39, 0.29) is 0 Å². The molecule has 0 amide bonds. The van der Waals surface area contributed by atoms with Crippen LogP contribution < -0.4 is 9.80 Å². The van der Waals surface area contributed by atoms with Gasteiger partial charge in [0.2, 0.25) is 0 Å². The van der Waals surface area contributed by atoms with Crippen molar-refractivity contribution < 1.29 is 0 Å². The van der Waals surface area contributed by atoms with Crippen molar-refractivity contribution in [2.45, 2.75) is 0 Å². The van der Waals surface area contributed by atoms with Crippen molar-refractivity contribution in [3.8, 4) is 55.6 Å². The highest BCUT2D eigenvalue weighted by molar-refractivity contribution is 7.25. The number of thiophene rings is 1. The van der Waals surface area contributed by atoms with Gasteiger partial charge in [-0.15, -0.1) is 11.3 Å². The van der Waals surface area contributed by atoms with E-state index in [4.69, 9.17) is 0 Å². The maximum Gasteiger partial charge on any atom is 0.0488 e. The third-order valence-corrected chi connectivity index (χ3v) is 15.2. The van der Waals surface area contributed by atoms with Gasteiger partial charge in [0.1, 0.15) is 0 Å². The quantitative estimate of drug-likeness (QED) is 0.127. The van der Waals surface area contributed by atoms with Crippen LogP contribution in [0.5, 0.6) is 0 Å². The number of benzene rings is 12. The fourth-order valence-electron chi connectivity index (χ4n) is 10.4. The molecule has 0 unspecified atom stereocenters. The fraction of sp³-hybridized carbons (Fsp3) is 0. The molecule has 344 valence electrons.